The van der Waals surface area contributed by atoms with Crippen LogP contribution < -0.4 is 0 Å². The molecule has 1 aromatic carbocycles. The number of hydrogen-bond acceptors (Lipinski definition) is 3. The first-order valence-electron chi connectivity index (χ1n) is 8.52. The van der Waals surface area contributed by atoms with Crippen molar-refractivity contribution < 1.29 is 4.79 Å². The Balaban J connectivity index is 1.94. The topological polar surface area (TPSA) is 23.6 Å². The van der Waals surface area contributed by atoms with Crippen molar-refractivity contribution >= 4 is 17.7 Å². The lowest BCUT2D eigenvalue weighted by Crippen LogP contribution is -2.50. The molecule has 1 aliphatic heterocycles. The lowest BCUT2D eigenvalue weighted by molar-refractivity contribution is -0.138. The number of thioether (sulfide) groups is 1. The summed E-state index contributed by atoms with van der Waals surface area (Å²) in [7, 11) is 2.04. The van der Waals surface area contributed by atoms with Gasteiger partial charge in [-0.1, -0.05) is 26.0 Å². The first-order chi connectivity index (χ1) is 10.9. The van der Waals surface area contributed by atoms with Gasteiger partial charge in [-0.25, -0.2) is 0 Å². The number of nitrogens with zero attached hydrogens (tertiary/aromatic N) is 2. The summed E-state index contributed by atoms with van der Waals surface area (Å²) in [6.45, 7) is 9.14. The molecule has 0 aliphatic carbocycles. The van der Waals surface area contributed by atoms with Crippen molar-refractivity contribution in [2.24, 2.45) is 11.8 Å². The summed E-state index contributed by atoms with van der Waals surface area (Å²) in [5, 5.41) is 0. The van der Waals surface area contributed by atoms with E-state index < -0.39 is 0 Å². The van der Waals surface area contributed by atoms with Gasteiger partial charge in [0.25, 0.3) is 0 Å². The number of likely N-dealkylation sites (tertiary alicyclic amines) is 1. The van der Waals surface area contributed by atoms with Crippen LogP contribution in [0.5, 0.6) is 0 Å². The third kappa shape index (κ3) is 4.98. The minimum absolute atomic E-state index is 0.0762. The van der Waals surface area contributed by atoms with Gasteiger partial charge in [-0.2, -0.15) is 0 Å². The van der Waals surface area contributed by atoms with Crippen LogP contribution in [0.4, 0.5) is 0 Å². The van der Waals surface area contributed by atoms with Gasteiger partial charge >= 0.3 is 0 Å². The van der Waals surface area contributed by atoms with Gasteiger partial charge in [0.2, 0.25) is 5.91 Å². The van der Waals surface area contributed by atoms with Gasteiger partial charge in [0, 0.05) is 24.5 Å². The smallest absolute Gasteiger partial charge is 0.239 e. The molecular formula is C19H30N2OS. The summed E-state index contributed by atoms with van der Waals surface area (Å²) >= 11 is 1.75. The SMILES string of the molecule is CSc1ccc(CN(C)C(C)C(=O)N2CC(C)CC(C)C2)cc1. The predicted octanol–water partition coefficient (Wildman–Crippen LogP) is 3.73. The Labute approximate surface area is 145 Å². The minimum atomic E-state index is -0.0762. The van der Waals surface area contributed by atoms with Gasteiger partial charge in [-0.15, -0.1) is 11.8 Å². The molecule has 1 aromatic rings. The van der Waals surface area contributed by atoms with E-state index in [0.717, 1.165) is 19.6 Å². The number of carbonyl (C=O) groups excluding carboxylic acids is 1. The zero-order valence-corrected chi connectivity index (χ0v) is 15.9. The molecule has 128 valence electrons. The standard InChI is InChI=1S/C19H30N2OS/c1-14-10-15(2)12-21(11-14)19(22)16(3)20(4)13-17-6-8-18(23-5)9-7-17/h6-9,14-16H,10-13H2,1-5H3. The molecule has 3 unspecified atom stereocenters. The highest BCUT2D eigenvalue weighted by Crippen LogP contribution is 2.22. The molecule has 1 fully saturated rings. The van der Waals surface area contributed by atoms with Crippen LogP contribution >= 0.6 is 11.8 Å². The van der Waals surface area contributed by atoms with Crippen molar-refractivity contribution in [2.45, 2.75) is 44.7 Å². The molecule has 3 atom stereocenters. The molecule has 0 bridgehead atoms. The van der Waals surface area contributed by atoms with E-state index in [-0.39, 0.29) is 11.9 Å². The monoisotopic (exact) mass is 334 g/mol. The molecule has 3 nitrogen and oxygen atoms in total. The molecule has 4 heteroatoms. The molecule has 1 heterocycles. The quantitative estimate of drug-likeness (QED) is 0.767. The second kappa shape index (κ2) is 8.20. The summed E-state index contributed by atoms with van der Waals surface area (Å²) in [6, 6.07) is 8.53. The van der Waals surface area contributed by atoms with Crippen molar-refractivity contribution in [3.8, 4) is 0 Å². The van der Waals surface area contributed by atoms with E-state index in [1.807, 2.05) is 14.0 Å². The minimum Gasteiger partial charge on any atom is -0.341 e. The summed E-state index contributed by atoms with van der Waals surface area (Å²) in [6.07, 6.45) is 3.32. The Morgan fingerprint density at radius 3 is 2.35 bits per heavy atom. The number of amides is 1. The van der Waals surface area contributed by atoms with Crippen LogP contribution in [0.3, 0.4) is 0 Å². The van der Waals surface area contributed by atoms with E-state index in [4.69, 9.17) is 0 Å². The van der Waals surface area contributed by atoms with E-state index in [0.29, 0.717) is 11.8 Å². The Bertz CT molecular complexity index is 507. The number of piperidine rings is 1. The number of rotatable bonds is 5. The van der Waals surface area contributed by atoms with Gasteiger partial charge in [-0.05, 0) is 56.2 Å². The van der Waals surface area contributed by atoms with Crippen molar-refractivity contribution in [3.63, 3.8) is 0 Å². The maximum atomic E-state index is 12.8. The van der Waals surface area contributed by atoms with Crippen molar-refractivity contribution in [2.75, 3.05) is 26.4 Å². The molecule has 2 rings (SSSR count). The van der Waals surface area contributed by atoms with Crippen molar-refractivity contribution in [3.05, 3.63) is 29.8 Å². The van der Waals surface area contributed by atoms with Crippen molar-refractivity contribution in [1.29, 1.82) is 0 Å². The Hall–Kier alpha value is -1.00. The van der Waals surface area contributed by atoms with E-state index in [9.17, 15) is 4.79 Å². The first-order valence-corrected chi connectivity index (χ1v) is 9.75. The average Bonchev–Trinajstić information content (AvgIpc) is 2.53. The lowest BCUT2D eigenvalue weighted by Gasteiger charge is -2.38. The average molecular weight is 335 g/mol. The molecule has 0 radical (unpaired) electrons. The van der Waals surface area contributed by atoms with Gasteiger partial charge in [0.05, 0.1) is 6.04 Å². The van der Waals surface area contributed by atoms with Crippen LogP contribution in [0.15, 0.2) is 29.2 Å². The second-order valence-electron chi connectivity index (χ2n) is 7.13. The number of hydrogen-bond donors (Lipinski definition) is 0. The third-order valence-electron chi connectivity index (χ3n) is 4.79. The highest BCUT2D eigenvalue weighted by atomic mass is 32.2. The van der Waals surface area contributed by atoms with Crippen LogP contribution in [0.25, 0.3) is 0 Å². The van der Waals surface area contributed by atoms with Gasteiger partial charge in [0.15, 0.2) is 0 Å². The first kappa shape index (κ1) is 18.3. The molecule has 1 saturated heterocycles. The summed E-state index contributed by atoms with van der Waals surface area (Å²) in [5.41, 5.74) is 1.25. The fourth-order valence-corrected chi connectivity index (χ4v) is 3.86. The maximum absolute atomic E-state index is 12.8. The fourth-order valence-electron chi connectivity index (χ4n) is 3.45. The highest BCUT2D eigenvalue weighted by molar-refractivity contribution is 7.98. The fraction of sp³-hybridized carbons (Fsp3) is 0.632. The van der Waals surface area contributed by atoms with E-state index >= 15 is 0 Å². The summed E-state index contributed by atoms with van der Waals surface area (Å²) in [5.74, 6) is 1.49. The van der Waals surface area contributed by atoms with E-state index in [2.05, 4.69) is 54.2 Å². The normalized spacial score (nSPS) is 23.1. The van der Waals surface area contributed by atoms with Crippen molar-refractivity contribution in [1.82, 2.24) is 9.80 Å². The largest absolute Gasteiger partial charge is 0.341 e. The molecule has 0 aromatic heterocycles. The Morgan fingerprint density at radius 1 is 1.26 bits per heavy atom. The zero-order valence-electron chi connectivity index (χ0n) is 15.1. The van der Waals surface area contributed by atoms with Gasteiger partial charge in [0.1, 0.15) is 0 Å². The lowest BCUT2D eigenvalue weighted by atomic mass is 9.91. The van der Waals surface area contributed by atoms with Crippen LogP contribution in [-0.2, 0) is 11.3 Å². The molecule has 1 amide bonds. The van der Waals surface area contributed by atoms with Gasteiger partial charge in [-0.3, -0.25) is 9.69 Å². The zero-order chi connectivity index (χ0) is 17.0. The molecule has 23 heavy (non-hydrogen) atoms. The van der Waals surface area contributed by atoms with E-state index in [1.54, 1.807) is 11.8 Å². The summed E-state index contributed by atoms with van der Waals surface area (Å²) in [4.78, 5) is 18.3. The molecule has 0 saturated carbocycles. The van der Waals surface area contributed by atoms with Crippen LogP contribution in [0.2, 0.25) is 0 Å². The molecule has 0 N–H and O–H groups in total. The molecule has 1 aliphatic rings. The predicted molar refractivity (Wildman–Crippen MR) is 98.7 cm³/mol. The van der Waals surface area contributed by atoms with Crippen LogP contribution in [0.1, 0.15) is 32.8 Å². The third-order valence-corrected chi connectivity index (χ3v) is 5.53. The molecular weight excluding hydrogens is 304 g/mol. The van der Waals surface area contributed by atoms with E-state index in [1.165, 1.54) is 16.9 Å². The highest BCUT2D eigenvalue weighted by Gasteiger charge is 2.29. The number of benzene rings is 1. The van der Waals surface area contributed by atoms with Crippen LogP contribution in [-0.4, -0.2) is 48.1 Å². The second-order valence-corrected chi connectivity index (χ2v) is 8.01. The summed E-state index contributed by atoms with van der Waals surface area (Å²) < 4.78 is 0. The number of likely N-dealkylation sites (N-methyl/N-ethyl adjacent to an activating group) is 1. The number of carbonyl (C=O) groups is 1. The molecule has 0 spiro atoms. The van der Waals surface area contributed by atoms with Gasteiger partial charge < -0.3 is 4.90 Å². The van der Waals surface area contributed by atoms with Crippen LogP contribution in [0, 0.1) is 11.8 Å². The maximum Gasteiger partial charge on any atom is 0.239 e. The Kier molecular flexibility index (Phi) is 6.54. The Morgan fingerprint density at radius 2 is 1.83 bits per heavy atom.